The van der Waals surface area contributed by atoms with Crippen LogP contribution >= 0.6 is 0 Å². The number of aromatic hydroxyl groups is 1. The van der Waals surface area contributed by atoms with Crippen LogP contribution in [0.5, 0.6) is 23.0 Å². The van der Waals surface area contributed by atoms with Gasteiger partial charge in [0.25, 0.3) is 5.91 Å². The molecule has 238 valence electrons. The molecule has 0 saturated carbocycles. The van der Waals surface area contributed by atoms with Crippen molar-refractivity contribution < 1.29 is 33.4 Å². The molecule has 13 nitrogen and oxygen atoms in total. The van der Waals surface area contributed by atoms with Crippen LogP contribution in [0.15, 0.2) is 63.9 Å². The fourth-order valence-electron chi connectivity index (χ4n) is 5.66. The van der Waals surface area contributed by atoms with Crippen molar-refractivity contribution in [2.45, 2.75) is 44.8 Å². The highest BCUT2D eigenvalue weighted by Gasteiger charge is 2.40. The number of fused-ring (bicyclic) bond motifs is 8. The summed E-state index contributed by atoms with van der Waals surface area (Å²) in [4.78, 5) is 58.0. The number of phenols is 1. The first-order valence-electron chi connectivity index (χ1n) is 14.8. The number of ether oxygens (including phenoxy) is 2. The number of aryl methyl sites for hydroxylation is 3. The summed E-state index contributed by atoms with van der Waals surface area (Å²) in [5, 5.41) is 16.4. The number of aromatic nitrogens is 2. The Labute approximate surface area is 263 Å². The first-order chi connectivity index (χ1) is 22.1. The van der Waals surface area contributed by atoms with Gasteiger partial charge in [0.2, 0.25) is 23.3 Å². The Hall–Kier alpha value is -5.59. The van der Waals surface area contributed by atoms with E-state index in [0.717, 1.165) is 5.56 Å². The molecule has 13 heteroatoms. The Kier molecular flexibility index (Phi) is 8.22. The van der Waals surface area contributed by atoms with E-state index in [-0.39, 0.29) is 60.4 Å². The molecule has 3 amide bonds. The molecule has 0 aliphatic carbocycles. The minimum Gasteiger partial charge on any atom is -0.504 e. The molecule has 0 radical (unpaired) electrons. The molecule has 2 aliphatic heterocycles. The number of pyridine rings is 1. The van der Waals surface area contributed by atoms with Gasteiger partial charge in [-0.3, -0.25) is 19.2 Å². The number of hydrogen-bond donors (Lipinski definition) is 3. The van der Waals surface area contributed by atoms with Crippen molar-refractivity contribution in [2.24, 2.45) is 7.05 Å². The van der Waals surface area contributed by atoms with Crippen LogP contribution in [0.2, 0.25) is 0 Å². The Morgan fingerprint density at radius 2 is 1.91 bits per heavy atom. The molecule has 2 atom stereocenters. The van der Waals surface area contributed by atoms with Gasteiger partial charge < -0.3 is 39.1 Å². The van der Waals surface area contributed by atoms with Crippen LogP contribution in [0, 0.1) is 6.92 Å². The van der Waals surface area contributed by atoms with Crippen LogP contribution in [0.1, 0.15) is 40.2 Å². The number of benzene rings is 2. The number of amides is 3. The van der Waals surface area contributed by atoms with Crippen LogP contribution in [0.25, 0.3) is 11.5 Å². The number of hydrogen-bond acceptors (Lipinski definition) is 9. The van der Waals surface area contributed by atoms with Gasteiger partial charge in [0, 0.05) is 43.9 Å². The maximum Gasteiger partial charge on any atom is 0.253 e. The maximum atomic E-state index is 13.6. The highest BCUT2D eigenvalue weighted by Crippen LogP contribution is 2.39. The van der Waals surface area contributed by atoms with Crippen LogP contribution in [-0.2, 0) is 29.6 Å². The lowest BCUT2D eigenvalue weighted by Crippen LogP contribution is -2.46. The standard InChI is InChI=1S/C33H33N5O8/c1-18-23-15-34-32(43)24-14-22(35-31(42)21-7-11-29(40)37(2)16-21)17-38(24)30(41)10-5-19-4-8-25(39)27(12-19)46-28-13-20(33(36-23)45-18)6-9-26(28)44-3/h4,6-9,11-13,16,22,24,39H,5,10,14-15,17H2,1-3H3,(H,34,43)(H,35,42)/t22-,24-/m0/s1. The van der Waals surface area contributed by atoms with Gasteiger partial charge in [-0.2, -0.15) is 0 Å². The van der Waals surface area contributed by atoms with E-state index >= 15 is 0 Å². The van der Waals surface area contributed by atoms with Crippen molar-refractivity contribution in [1.82, 2.24) is 25.1 Å². The van der Waals surface area contributed by atoms with Crippen molar-refractivity contribution in [3.8, 4) is 34.5 Å². The van der Waals surface area contributed by atoms with Crippen LogP contribution < -0.4 is 25.7 Å². The molecule has 2 aromatic carbocycles. The Bertz CT molecular complexity index is 1900. The van der Waals surface area contributed by atoms with Gasteiger partial charge in [-0.15, -0.1) is 0 Å². The fourth-order valence-corrected chi connectivity index (χ4v) is 5.66. The Balaban J connectivity index is 1.31. The highest BCUT2D eigenvalue weighted by molar-refractivity contribution is 5.94. The molecular weight excluding hydrogens is 594 g/mol. The van der Waals surface area contributed by atoms with Crippen molar-refractivity contribution >= 4 is 17.7 Å². The van der Waals surface area contributed by atoms with E-state index in [1.165, 1.54) is 41.0 Å². The SMILES string of the molecule is COc1ccc2cc1Oc1cc(ccc1O)CCC(=O)N1C[C@@H](NC(=O)c3ccc(=O)n(C)c3)C[C@H]1C(=O)NCc1nc-2oc1C. The lowest BCUT2D eigenvalue weighted by molar-refractivity contribution is -0.138. The molecule has 0 spiro atoms. The van der Waals surface area contributed by atoms with Gasteiger partial charge in [0.05, 0.1) is 19.2 Å². The summed E-state index contributed by atoms with van der Waals surface area (Å²) in [6.45, 7) is 1.92. The van der Waals surface area contributed by atoms with E-state index in [1.54, 1.807) is 44.3 Å². The molecule has 4 heterocycles. The predicted octanol–water partition coefficient (Wildman–Crippen LogP) is 2.82. The summed E-state index contributed by atoms with van der Waals surface area (Å²) in [6.07, 6.45) is 2.01. The molecule has 46 heavy (non-hydrogen) atoms. The normalized spacial score (nSPS) is 18.1. The minimum atomic E-state index is -0.841. The molecule has 1 fully saturated rings. The quantitative estimate of drug-likeness (QED) is 0.310. The van der Waals surface area contributed by atoms with E-state index in [1.807, 2.05) is 0 Å². The number of carbonyl (C=O) groups excluding carboxylic acids is 3. The highest BCUT2D eigenvalue weighted by atomic mass is 16.5. The molecule has 6 rings (SSSR count). The Morgan fingerprint density at radius 1 is 1.09 bits per heavy atom. The second-order valence-electron chi connectivity index (χ2n) is 11.3. The number of rotatable bonds is 3. The minimum absolute atomic E-state index is 0.0553. The molecule has 6 bridgehead atoms. The lowest BCUT2D eigenvalue weighted by atomic mass is 10.1. The largest absolute Gasteiger partial charge is 0.504 e. The third-order valence-corrected chi connectivity index (χ3v) is 8.21. The summed E-state index contributed by atoms with van der Waals surface area (Å²) < 4.78 is 18.8. The number of nitrogens with zero attached hydrogens (tertiary/aromatic N) is 3. The topological polar surface area (TPSA) is 165 Å². The number of phenolic OH excluding ortho intramolecular Hbond substituents is 1. The third kappa shape index (κ3) is 6.16. The summed E-state index contributed by atoms with van der Waals surface area (Å²) in [7, 11) is 3.06. The van der Waals surface area contributed by atoms with E-state index in [4.69, 9.17) is 13.9 Å². The van der Waals surface area contributed by atoms with Gasteiger partial charge in [-0.05, 0) is 61.7 Å². The molecule has 2 aromatic heterocycles. The van der Waals surface area contributed by atoms with Gasteiger partial charge in [0.15, 0.2) is 23.0 Å². The van der Waals surface area contributed by atoms with Gasteiger partial charge in [-0.1, -0.05) is 6.07 Å². The zero-order valence-corrected chi connectivity index (χ0v) is 25.5. The molecule has 4 aromatic rings. The van der Waals surface area contributed by atoms with Crippen LogP contribution in [0.3, 0.4) is 0 Å². The van der Waals surface area contributed by atoms with Crippen molar-refractivity contribution in [3.63, 3.8) is 0 Å². The monoisotopic (exact) mass is 627 g/mol. The first-order valence-corrected chi connectivity index (χ1v) is 14.8. The molecule has 3 N–H and O–H groups in total. The molecule has 2 aliphatic rings. The molecular formula is C33H33N5O8. The zero-order chi connectivity index (χ0) is 32.5. The van der Waals surface area contributed by atoms with Gasteiger partial charge in [0.1, 0.15) is 17.5 Å². The van der Waals surface area contributed by atoms with Crippen molar-refractivity contribution in [2.75, 3.05) is 13.7 Å². The second-order valence-corrected chi connectivity index (χ2v) is 11.3. The van der Waals surface area contributed by atoms with Crippen LogP contribution in [-0.4, -0.2) is 63.0 Å². The van der Waals surface area contributed by atoms with Crippen molar-refractivity contribution in [3.05, 3.63) is 87.7 Å². The van der Waals surface area contributed by atoms with E-state index in [2.05, 4.69) is 15.6 Å². The number of oxazole rings is 1. The second kappa shape index (κ2) is 12.4. The maximum absolute atomic E-state index is 13.6. The zero-order valence-electron chi connectivity index (χ0n) is 25.5. The average Bonchev–Trinajstić information content (AvgIpc) is 3.64. The van der Waals surface area contributed by atoms with Gasteiger partial charge >= 0.3 is 0 Å². The van der Waals surface area contributed by atoms with E-state index < -0.39 is 18.0 Å². The summed E-state index contributed by atoms with van der Waals surface area (Å²) in [5.41, 5.74) is 1.87. The van der Waals surface area contributed by atoms with Crippen molar-refractivity contribution in [1.29, 1.82) is 0 Å². The number of methoxy groups -OCH3 is 1. The van der Waals surface area contributed by atoms with E-state index in [9.17, 15) is 24.3 Å². The van der Waals surface area contributed by atoms with E-state index in [0.29, 0.717) is 40.8 Å². The number of carbonyl (C=O) groups is 3. The first kappa shape index (κ1) is 30.4. The summed E-state index contributed by atoms with van der Waals surface area (Å²) in [6, 6.07) is 11.4. The summed E-state index contributed by atoms with van der Waals surface area (Å²) in [5.74, 6) is 0.542. The lowest BCUT2D eigenvalue weighted by Gasteiger charge is -2.24. The molecule has 0 unspecified atom stereocenters. The van der Waals surface area contributed by atoms with Crippen LogP contribution in [0.4, 0.5) is 0 Å². The predicted molar refractivity (Wildman–Crippen MR) is 165 cm³/mol. The molecule has 1 saturated heterocycles. The number of nitrogens with one attached hydrogen (secondary N) is 2. The smallest absolute Gasteiger partial charge is 0.253 e. The fraction of sp³-hybridized carbons (Fsp3) is 0.303. The third-order valence-electron chi connectivity index (χ3n) is 8.21. The average molecular weight is 628 g/mol. The summed E-state index contributed by atoms with van der Waals surface area (Å²) >= 11 is 0. The Morgan fingerprint density at radius 3 is 2.70 bits per heavy atom. The van der Waals surface area contributed by atoms with Gasteiger partial charge in [-0.25, -0.2) is 4.98 Å².